The zero-order valence-electron chi connectivity index (χ0n) is 16.2. The molecule has 0 aliphatic heterocycles. The standard InChI is InChI=1S/C22H30O4/c1-12-9-15-16-6-8-22(26,13(2)23)21(16,4)11-18(25)19(15)20(3)7-5-14(24)10-17(12)20/h5,7,10,12,15-16,18-19,25-26H,6,8-9,11H2,1-4H3/t12-,15-,16-,18+,19+,20-,21-,22-/m0/s1. The van der Waals surface area contributed by atoms with E-state index in [9.17, 15) is 19.8 Å². The van der Waals surface area contributed by atoms with Gasteiger partial charge in [-0.3, -0.25) is 9.59 Å². The van der Waals surface area contributed by atoms with E-state index in [0.29, 0.717) is 12.8 Å². The fourth-order valence-electron chi connectivity index (χ4n) is 7.33. The van der Waals surface area contributed by atoms with Gasteiger partial charge in [-0.15, -0.1) is 0 Å². The summed E-state index contributed by atoms with van der Waals surface area (Å²) in [7, 11) is 0. The van der Waals surface area contributed by atoms with E-state index in [1.54, 1.807) is 12.2 Å². The quantitative estimate of drug-likeness (QED) is 0.756. The summed E-state index contributed by atoms with van der Waals surface area (Å²) in [5.74, 6) is 0.609. The van der Waals surface area contributed by atoms with Gasteiger partial charge in [0.05, 0.1) is 6.10 Å². The fraction of sp³-hybridized carbons (Fsp3) is 0.727. The average molecular weight is 358 g/mol. The molecule has 0 saturated heterocycles. The number of rotatable bonds is 1. The molecule has 0 heterocycles. The number of ketones is 2. The SMILES string of the molecule is CC(=O)[C@@]1(O)CC[C@H]2[C@@H]3C[C@H](C)C4=CC(=O)C=C[C@]4(C)[C@H]3[C@H](O)C[C@@]21C. The topological polar surface area (TPSA) is 74.6 Å². The van der Waals surface area contributed by atoms with E-state index in [-0.39, 0.29) is 40.7 Å². The maximum atomic E-state index is 12.3. The van der Waals surface area contributed by atoms with Gasteiger partial charge in [-0.05, 0) is 62.5 Å². The Kier molecular flexibility index (Phi) is 3.75. The highest BCUT2D eigenvalue weighted by molar-refractivity contribution is 6.01. The van der Waals surface area contributed by atoms with E-state index >= 15 is 0 Å². The zero-order chi connectivity index (χ0) is 19.1. The van der Waals surface area contributed by atoms with Crippen LogP contribution in [0.25, 0.3) is 0 Å². The summed E-state index contributed by atoms with van der Waals surface area (Å²) in [6, 6.07) is 0. The first-order valence-corrected chi connectivity index (χ1v) is 9.91. The average Bonchev–Trinajstić information content (AvgIpc) is 2.81. The van der Waals surface area contributed by atoms with Gasteiger partial charge in [0.15, 0.2) is 11.6 Å². The first kappa shape index (κ1) is 18.1. The summed E-state index contributed by atoms with van der Waals surface area (Å²) < 4.78 is 0. The van der Waals surface area contributed by atoms with E-state index in [2.05, 4.69) is 13.8 Å². The molecule has 3 fully saturated rings. The number of aliphatic hydroxyl groups excluding tert-OH is 1. The minimum Gasteiger partial charge on any atom is -0.393 e. The first-order chi connectivity index (χ1) is 12.0. The van der Waals surface area contributed by atoms with Crippen LogP contribution in [0.1, 0.15) is 53.4 Å². The van der Waals surface area contributed by atoms with E-state index in [1.807, 2.05) is 13.0 Å². The van der Waals surface area contributed by atoms with Crippen molar-refractivity contribution in [2.45, 2.75) is 65.1 Å². The molecule has 0 unspecified atom stereocenters. The van der Waals surface area contributed by atoms with Gasteiger partial charge >= 0.3 is 0 Å². The lowest BCUT2D eigenvalue weighted by Crippen LogP contribution is -2.61. The molecule has 4 aliphatic rings. The monoisotopic (exact) mass is 358 g/mol. The number of hydrogen-bond donors (Lipinski definition) is 2. The lowest BCUT2D eigenvalue weighted by atomic mass is 9.45. The summed E-state index contributed by atoms with van der Waals surface area (Å²) >= 11 is 0. The lowest BCUT2D eigenvalue weighted by molar-refractivity contribution is -0.176. The highest BCUT2D eigenvalue weighted by Gasteiger charge is 2.68. The van der Waals surface area contributed by atoms with Gasteiger partial charge < -0.3 is 10.2 Å². The zero-order valence-corrected chi connectivity index (χ0v) is 16.2. The lowest BCUT2D eigenvalue weighted by Gasteiger charge is -2.60. The fourth-order valence-corrected chi connectivity index (χ4v) is 7.33. The van der Waals surface area contributed by atoms with Gasteiger partial charge in [-0.2, -0.15) is 0 Å². The Morgan fingerprint density at radius 2 is 2.00 bits per heavy atom. The van der Waals surface area contributed by atoms with E-state index in [0.717, 1.165) is 18.4 Å². The number of allylic oxidation sites excluding steroid dienone is 4. The molecule has 8 atom stereocenters. The van der Waals surface area contributed by atoms with Crippen LogP contribution in [-0.2, 0) is 9.59 Å². The van der Waals surface area contributed by atoms with Crippen LogP contribution in [0.4, 0.5) is 0 Å². The van der Waals surface area contributed by atoms with Crippen molar-refractivity contribution >= 4 is 11.6 Å². The van der Waals surface area contributed by atoms with Gasteiger partial charge in [0.1, 0.15) is 5.60 Å². The molecule has 142 valence electrons. The van der Waals surface area contributed by atoms with Crippen molar-refractivity contribution in [2.24, 2.45) is 34.5 Å². The molecule has 0 aromatic heterocycles. The van der Waals surface area contributed by atoms with Crippen molar-refractivity contribution in [3.63, 3.8) is 0 Å². The van der Waals surface area contributed by atoms with Crippen LogP contribution in [0.3, 0.4) is 0 Å². The Morgan fingerprint density at radius 3 is 2.65 bits per heavy atom. The summed E-state index contributed by atoms with van der Waals surface area (Å²) in [4.78, 5) is 24.2. The minimum absolute atomic E-state index is 0.0293. The molecular weight excluding hydrogens is 328 g/mol. The van der Waals surface area contributed by atoms with Crippen LogP contribution in [0.2, 0.25) is 0 Å². The van der Waals surface area contributed by atoms with Crippen molar-refractivity contribution in [2.75, 3.05) is 0 Å². The smallest absolute Gasteiger partial charge is 0.178 e. The summed E-state index contributed by atoms with van der Waals surface area (Å²) in [6.07, 6.45) is 7.46. The van der Waals surface area contributed by atoms with Crippen molar-refractivity contribution in [3.05, 3.63) is 23.8 Å². The van der Waals surface area contributed by atoms with Gasteiger partial charge in [0.2, 0.25) is 0 Å². The molecule has 0 bridgehead atoms. The molecule has 0 aromatic rings. The summed E-state index contributed by atoms with van der Waals surface area (Å²) in [5.41, 5.74) is -1.10. The van der Waals surface area contributed by atoms with E-state index in [1.165, 1.54) is 6.92 Å². The molecule has 4 nitrogen and oxygen atoms in total. The highest BCUT2D eigenvalue weighted by Crippen LogP contribution is 2.67. The highest BCUT2D eigenvalue weighted by atomic mass is 16.3. The Morgan fingerprint density at radius 1 is 1.31 bits per heavy atom. The largest absolute Gasteiger partial charge is 0.393 e. The normalized spacial score (nSPS) is 52.8. The number of fused-ring (bicyclic) bond motifs is 5. The number of carbonyl (C=O) groups excluding carboxylic acids is 2. The van der Waals surface area contributed by atoms with Crippen LogP contribution >= 0.6 is 0 Å². The van der Waals surface area contributed by atoms with Gasteiger partial charge in [0.25, 0.3) is 0 Å². The third kappa shape index (κ3) is 2.03. The van der Waals surface area contributed by atoms with E-state index in [4.69, 9.17) is 0 Å². The number of aliphatic hydroxyl groups is 2. The third-order valence-electron chi connectivity index (χ3n) is 8.55. The molecular formula is C22H30O4. The molecule has 26 heavy (non-hydrogen) atoms. The molecule has 4 heteroatoms. The van der Waals surface area contributed by atoms with E-state index < -0.39 is 17.1 Å². The second-order valence-electron chi connectivity index (χ2n) is 9.70. The van der Waals surface area contributed by atoms with Gasteiger partial charge in [0, 0.05) is 16.7 Å². The molecule has 0 spiro atoms. The third-order valence-corrected chi connectivity index (χ3v) is 8.55. The number of Topliss-reactive ketones (excluding diaryl/α,β-unsaturated/α-hetero) is 1. The summed E-state index contributed by atoms with van der Waals surface area (Å²) in [6.45, 7) is 7.79. The number of carbonyl (C=O) groups is 2. The Balaban J connectivity index is 1.80. The molecule has 0 aromatic carbocycles. The van der Waals surface area contributed by atoms with Gasteiger partial charge in [-0.1, -0.05) is 32.4 Å². The van der Waals surface area contributed by atoms with Crippen molar-refractivity contribution in [1.82, 2.24) is 0 Å². The van der Waals surface area contributed by atoms with Gasteiger partial charge in [-0.25, -0.2) is 0 Å². The number of hydrogen-bond acceptors (Lipinski definition) is 4. The molecule has 4 aliphatic carbocycles. The van der Waals surface area contributed by atoms with Crippen LogP contribution in [-0.4, -0.2) is 33.5 Å². The predicted octanol–water partition coefficient (Wildman–Crippen LogP) is 2.83. The second-order valence-corrected chi connectivity index (χ2v) is 9.70. The van der Waals surface area contributed by atoms with Crippen LogP contribution in [0.5, 0.6) is 0 Å². The second kappa shape index (κ2) is 5.39. The minimum atomic E-state index is -1.33. The first-order valence-electron chi connectivity index (χ1n) is 9.91. The molecule has 0 amide bonds. The molecule has 2 N–H and O–H groups in total. The Hall–Kier alpha value is -1.26. The molecule has 0 radical (unpaired) electrons. The Labute approximate surface area is 155 Å². The van der Waals surface area contributed by atoms with Crippen LogP contribution in [0.15, 0.2) is 23.8 Å². The van der Waals surface area contributed by atoms with Crippen molar-refractivity contribution in [1.29, 1.82) is 0 Å². The van der Waals surface area contributed by atoms with Crippen LogP contribution in [0, 0.1) is 34.5 Å². The maximum Gasteiger partial charge on any atom is 0.178 e. The predicted molar refractivity (Wildman–Crippen MR) is 98.2 cm³/mol. The summed E-state index contributed by atoms with van der Waals surface area (Å²) in [5, 5.41) is 22.4. The Bertz CT molecular complexity index is 736. The van der Waals surface area contributed by atoms with Crippen molar-refractivity contribution in [3.8, 4) is 0 Å². The molecule has 3 saturated carbocycles. The maximum absolute atomic E-state index is 12.3. The van der Waals surface area contributed by atoms with Crippen LogP contribution < -0.4 is 0 Å². The van der Waals surface area contributed by atoms with Crippen molar-refractivity contribution < 1.29 is 19.8 Å². The molecule has 4 rings (SSSR count).